The molecule has 1 aromatic heterocycles. The molecule has 1 heterocycles. The number of halogens is 1. The maximum Gasteiger partial charge on any atom is 0.0860 e. The van der Waals surface area contributed by atoms with Gasteiger partial charge in [0.05, 0.1) is 11.4 Å². The number of nitrogens with two attached hydrogens (primary N) is 1. The molecular formula is C12H16BrN3. The van der Waals surface area contributed by atoms with Crippen LogP contribution in [0, 0.1) is 13.8 Å². The third-order valence-corrected chi connectivity index (χ3v) is 3.15. The summed E-state index contributed by atoms with van der Waals surface area (Å²) in [5.41, 5.74) is 4.50. The lowest BCUT2D eigenvalue weighted by molar-refractivity contribution is 1.11. The smallest absolute Gasteiger partial charge is 0.0860 e. The van der Waals surface area contributed by atoms with Gasteiger partial charge in [-0.1, -0.05) is 13.5 Å². The number of hydrazone groups is 1. The van der Waals surface area contributed by atoms with Crippen molar-refractivity contribution in [3.8, 4) is 0 Å². The molecule has 0 atom stereocenters. The second kappa shape index (κ2) is 5.25. The predicted molar refractivity (Wildman–Crippen MR) is 72.4 cm³/mol. The van der Waals surface area contributed by atoms with E-state index < -0.39 is 0 Å². The van der Waals surface area contributed by atoms with Gasteiger partial charge >= 0.3 is 0 Å². The lowest BCUT2D eigenvalue weighted by atomic mass is 10.1. The number of pyridine rings is 1. The largest absolute Gasteiger partial charge is 0.323 e. The molecule has 0 radical (unpaired) electrons. The average Bonchev–Trinajstić information content (AvgIpc) is 2.25. The minimum absolute atomic E-state index is 0.746. The van der Waals surface area contributed by atoms with Gasteiger partial charge in [0.2, 0.25) is 0 Å². The number of aryl methyl sites for hydroxylation is 2. The van der Waals surface area contributed by atoms with Crippen LogP contribution in [0.3, 0.4) is 0 Å². The number of allylic oxidation sites excluding steroid dienone is 1. The number of hydrogen-bond donors (Lipinski definition) is 1. The van der Waals surface area contributed by atoms with Gasteiger partial charge in [-0.05, 0) is 47.8 Å². The molecule has 0 fully saturated rings. The Balaban J connectivity index is 3.24. The molecule has 0 amide bonds. The maximum absolute atomic E-state index is 5.32. The Hall–Kier alpha value is -1.16. The molecule has 0 saturated carbocycles. The SMILES string of the molecule is C=C(/C(CC)=N/N)c1nc(C)c(C)cc1Br. The topological polar surface area (TPSA) is 51.3 Å². The Bertz CT molecular complexity index is 450. The van der Waals surface area contributed by atoms with Crippen molar-refractivity contribution in [2.45, 2.75) is 27.2 Å². The van der Waals surface area contributed by atoms with Gasteiger partial charge in [-0.3, -0.25) is 4.98 Å². The van der Waals surface area contributed by atoms with Crippen LogP contribution in [0.1, 0.15) is 30.3 Å². The average molecular weight is 282 g/mol. The van der Waals surface area contributed by atoms with E-state index in [2.05, 4.69) is 32.6 Å². The van der Waals surface area contributed by atoms with Gasteiger partial charge in [0.1, 0.15) is 0 Å². The molecular weight excluding hydrogens is 266 g/mol. The highest BCUT2D eigenvalue weighted by molar-refractivity contribution is 9.10. The van der Waals surface area contributed by atoms with E-state index >= 15 is 0 Å². The van der Waals surface area contributed by atoms with Gasteiger partial charge in [0.15, 0.2) is 0 Å². The number of aromatic nitrogens is 1. The quantitative estimate of drug-likeness (QED) is 0.526. The zero-order chi connectivity index (χ0) is 12.3. The first-order valence-electron chi connectivity index (χ1n) is 5.11. The van der Waals surface area contributed by atoms with Crippen molar-refractivity contribution in [3.05, 3.63) is 34.1 Å². The molecule has 3 nitrogen and oxygen atoms in total. The molecule has 0 spiro atoms. The Morgan fingerprint density at radius 1 is 1.56 bits per heavy atom. The van der Waals surface area contributed by atoms with Crippen molar-refractivity contribution in [2.24, 2.45) is 10.9 Å². The summed E-state index contributed by atoms with van der Waals surface area (Å²) in [6, 6.07) is 2.03. The fourth-order valence-corrected chi connectivity index (χ4v) is 2.07. The van der Waals surface area contributed by atoms with Crippen molar-refractivity contribution in [2.75, 3.05) is 0 Å². The number of hydrogen-bond acceptors (Lipinski definition) is 3. The second-order valence-electron chi connectivity index (χ2n) is 3.63. The van der Waals surface area contributed by atoms with Crippen molar-refractivity contribution in [1.29, 1.82) is 0 Å². The molecule has 2 N–H and O–H groups in total. The van der Waals surface area contributed by atoms with E-state index in [0.717, 1.165) is 39.1 Å². The van der Waals surface area contributed by atoms with Gasteiger partial charge < -0.3 is 5.84 Å². The summed E-state index contributed by atoms with van der Waals surface area (Å²) in [4.78, 5) is 4.51. The van der Waals surface area contributed by atoms with Gasteiger partial charge in [-0.25, -0.2) is 0 Å². The van der Waals surface area contributed by atoms with Crippen LogP contribution >= 0.6 is 15.9 Å². The second-order valence-corrected chi connectivity index (χ2v) is 4.48. The van der Waals surface area contributed by atoms with E-state index in [9.17, 15) is 0 Å². The van der Waals surface area contributed by atoms with Crippen molar-refractivity contribution < 1.29 is 0 Å². The minimum Gasteiger partial charge on any atom is -0.323 e. The van der Waals surface area contributed by atoms with E-state index in [0.29, 0.717) is 0 Å². The van der Waals surface area contributed by atoms with E-state index in [1.807, 2.05) is 26.8 Å². The van der Waals surface area contributed by atoms with Gasteiger partial charge in [-0.15, -0.1) is 0 Å². The van der Waals surface area contributed by atoms with Crippen LogP contribution in [-0.2, 0) is 0 Å². The van der Waals surface area contributed by atoms with Crippen LogP contribution < -0.4 is 5.84 Å². The molecule has 0 unspecified atom stereocenters. The van der Waals surface area contributed by atoms with E-state index in [-0.39, 0.29) is 0 Å². The highest BCUT2D eigenvalue weighted by atomic mass is 79.9. The third kappa shape index (κ3) is 2.50. The molecule has 0 aliphatic rings. The lowest BCUT2D eigenvalue weighted by Gasteiger charge is -2.10. The molecule has 4 heteroatoms. The lowest BCUT2D eigenvalue weighted by Crippen LogP contribution is -2.06. The maximum atomic E-state index is 5.32. The molecule has 0 aliphatic heterocycles. The molecule has 1 aromatic rings. The van der Waals surface area contributed by atoms with Gasteiger partial charge in [0, 0.05) is 15.7 Å². The Morgan fingerprint density at radius 2 is 2.19 bits per heavy atom. The summed E-state index contributed by atoms with van der Waals surface area (Å²) in [6.45, 7) is 9.99. The summed E-state index contributed by atoms with van der Waals surface area (Å²) in [5.74, 6) is 5.32. The number of rotatable bonds is 3. The fraction of sp³-hybridized carbons (Fsp3) is 0.333. The molecule has 0 saturated heterocycles. The third-order valence-electron chi connectivity index (χ3n) is 2.54. The fourth-order valence-electron chi connectivity index (χ4n) is 1.40. The van der Waals surface area contributed by atoms with E-state index in [1.165, 1.54) is 0 Å². The standard InChI is InChI=1S/C12H16BrN3/c1-5-11(16-14)8(3)12-10(13)6-7(2)9(4)15-12/h6H,3,5,14H2,1-2,4H3/b16-11+. The predicted octanol–water partition coefficient (Wildman–Crippen LogP) is 3.20. The summed E-state index contributed by atoms with van der Waals surface area (Å²) >= 11 is 3.49. The number of nitrogens with zero attached hydrogens (tertiary/aromatic N) is 2. The zero-order valence-corrected chi connectivity index (χ0v) is 11.4. The Kier molecular flexibility index (Phi) is 4.24. The molecule has 0 aromatic carbocycles. The van der Waals surface area contributed by atoms with Gasteiger partial charge in [0.25, 0.3) is 0 Å². The van der Waals surface area contributed by atoms with Crippen molar-refractivity contribution in [1.82, 2.24) is 4.98 Å². The zero-order valence-electron chi connectivity index (χ0n) is 9.84. The van der Waals surface area contributed by atoms with E-state index in [4.69, 9.17) is 5.84 Å². The first-order chi connectivity index (χ1) is 7.51. The first kappa shape index (κ1) is 12.9. The van der Waals surface area contributed by atoms with Crippen LogP contribution in [0.25, 0.3) is 5.57 Å². The highest BCUT2D eigenvalue weighted by Crippen LogP contribution is 2.25. The molecule has 1 rings (SSSR count). The van der Waals surface area contributed by atoms with E-state index in [1.54, 1.807) is 0 Å². The van der Waals surface area contributed by atoms with Crippen molar-refractivity contribution in [3.63, 3.8) is 0 Å². The van der Waals surface area contributed by atoms with Crippen molar-refractivity contribution >= 4 is 27.2 Å². The summed E-state index contributed by atoms with van der Waals surface area (Å²) < 4.78 is 0.926. The molecule has 86 valence electrons. The van der Waals surface area contributed by atoms with Crippen LogP contribution in [0.15, 0.2) is 22.2 Å². The normalized spacial score (nSPS) is 11.6. The molecule has 0 bridgehead atoms. The summed E-state index contributed by atoms with van der Waals surface area (Å²) in [6.07, 6.45) is 0.746. The van der Waals surface area contributed by atoms with Crippen LogP contribution in [0.2, 0.25) is 0 Å². The van der Waals surface area contributed by atoms with Crippen LogP contribution in [0.5, 0.6) is 0 Å². The monoisotopic (exact) mass is 281 g/mol. The first-order valence-corrected chi connectivity index (χ1v) is 5.90. The summed E-state index contributed by atoms with van der Waals surface area (Å²) in [7, 11) is 0. The minimum atomic E-state index is 0.746. The molecule has 0 aliphatic carbocycles. The van der Waals surface area contributed by atoms with Crippen LogP contribution in [-0.4, -0.2) is 10.7 Å². The summed E-state index contributed by atoms with van der Waals surface area (Å²) in [5, 5.41) is 3.73. The van der Waals surface area contributed by atoms with Gasteiger partial charge in [-0.2, -0.15) is 5.10 Å². The Morgan fingerprint density at radius 3 is 2.69 bits per heavy atom. The highest BCUT2D eigenvalue weighted by Gasteiger charge is 2.12. The van der Waals surface area contributed by atoms with Crippen LogP contribution in [0.4, 0.5) is 0 Å². The molecule has 16 heavy (non-hydrogen) atoms. The Labute approximate surface area is 105 Å².